The van der Waals surface area contributed by atoms with Crippen molar-refractivity contribution < 1.29 is 9.53 Å². The van der Waals surface area contributed by atoms with Crippen LogP contribution in [0.2, 0.25) is 0 Å². The second-order valence-electron chi connectivity index (χ2n) is 5.96. The number of nitrogens with one attached hydrogen (secondary N) is 1. The molecular formula is C19H23N3O2. The number of ether oxygens (including phenoxy) is 1. The van der Waals surface area contributed by atoms with Gasteiger partial charge in [0.05, 0.1) is 18.3 Å². The average Bonchev–Trinajstić information content (AvgIpc) is 2.62. The van der Waals surface area contributed by atoms with Crippen LogP contribution in [0.25, 0.3) is 0 Å². The van der Waals surface area contributed by atoms with Crippen molar-refractivity contribution in [2.45, 2.75) is 32.9 Å². The molecule has 0 spiro atoms. The third kappa shape index (κ3) is 3.67. The smallest absolute Gasteiger partial charge is 0.318 e. The SMILES string of the molecule is CCOc1ccc2c(c1)CN(C(=O)NC(C)c1ccccn1)CC2. The van der Waals surface area contributed by atoms with Crippen molar-refractivity contribution >= 4 is 6.03 Å². The predicted octanol–water partition coefficient (Wildman–Crippen LogP) is 3.31. The number of benzene rings is 1. The molecule has 0 aliphatic carbocycles. The molecule has 1 atom stereocenters. The maximum absolute atomic E-state index is 12.6. The summed E-state index contributed by atoms with van der Waals surface area (Å²) in [4.78, 5) is 18.7. The first-order chi connectivity index (χ1) is 11.7. The number of nitrogens with zero attached hydrogens (tertiary/aromatic N) is 2. The van der Waals surface area contributed by atoms with E-state index in [0.717, 1.165) is 30.0 Å². The number of hydrogen-bond donors (Lipinski definition) is 1. The van der Waals surface area contributed by atoms with Crippen LogP contribution in [0.5, 0.6) is 5.75 Å². The van der Waals surface area contributed by atoms with Crippen LogP contribution in [0.3, 0.4) is 0 Å². The lowest BCUT2D eigenvalue weighted by molar-refractivity contribution is 0.188. The number of fused-ring (bicyclic) bond motifs is 1. The molecule has 0 bridgehead atoms. The van der Waals surface area contributed by atoms with Crippen LogP contribution in [0.1, 0.15) is 36.7 Å². The van der Waals surface area contributed by atoms with Crippen LogP contribution in [0.4, 0.5) is 4.79 Å². The van der Waals surface area contributed by atoms with E-state index in [9.17, 15) is 4.79 Å². The van der Waals surface area contributed by atoms with Crippen LogP contribution in [-0.4, -0.2) is 29.1 Å². The highest BCUT2D eigenvalue weighted by Crippen LogP contribution is 2.24. The largest absolute Gasteiger partial charge is 0.494 e. The van der Waals surface area contributed by atoms with Gasteiger partial charge in [-0.2, -0.15) is 0 Å². The normalized spacial score (nSPS) is 14.7. The minimum atomic E-state index is -0.116. The predicted molar refractivity (Wildman–Crippen MR) is 92.9 cm³/mol. The molecule has 0 saturated heterocycles. The Morgan fingerprint density at radius 2 is 2.21 bits per heavy atom. The molecule has 2 amide bonds. The zero-order valence-corrected chi connectivity index (χ0v) is 14.2. The summed E-state index contributed by atoms with van der Waals surface area (Å²) in [5.74, 6) is 0.861. The first-order valence-electron chi connectivity index (χ1n) is 8.38. The highest BCUT2D eigenvalue weighted by molar-refractivity contribution is 5.75. The van der Waals surface area contributed by atoms with Gasteiger partial charge in [0.25, 0.3) is 0 Å². The van der Waals surface area contributed by atoms with Gasteiger partial charge in [0.1, 0.15) is 5.75 Å². The standard InChI is InChI=1S/C19H23N3O2/c1-3-24-17-8-7-15-9-11-22(13-16(15)12-17)19(23)21-14(2)18-6-4-5-10-20-18/h4-8,10,12,14H,3,9,11,13H2,1-2H3,(H,21,23). The fourth-order valence-corrected chi connectivity index (χ4v) is 2.95. The van der Waals surface area contributed by atoms with Gasteiger partial charge in [-0.1, -0.05) is 12.1 Å². The summed E-state index contributed by atoms with van der Waals surface area (Å²) in [6, 6.07) is 11.7. The number of urea groups is 1. The van der Waals surface area contributed by atoms with Crippen molar-refractivity contribution in [3.63, 3.8) is 0 Å². The minimum Gasteiger partial charge on any atom is -0.494 e. The van der Waals surface area contributed by atoms with Crippen LogP contribution < -0.4 is 10.1 Å². The van der Waals surface area contributed by atoms with E-state index in [0.29, 0.717) is 13.2 Å². The molecule has 1 aliphatic heterocycles. The third-order valence-corrected chi connectivity index (χ3v) is 4.26. The molecule has 5 nitrogen and oxygen atoms in total. The zero-order chi connectivity index (χ0) is 16.9. The quantitative estimate of drug-likeness (QED) is 0.938. The highest BCUT2D eigenvalue weighted by atomic mass is 16.5. The molecule has 5 heteroatoms. The second kappa shape index (κ2) is 7.34. The fraction of sp³-hybridized carbons (Fsp3) is 0.368. The fourth-order valence-electron chi connectivity index (χ4n) is 2.95. The van der Waals surface area contributed by atoms with E-state index < -0.39 is 0 Å². The summed E-state index contributed by atoms with van der Waals surface area (Å²) < 4.78 is 5.56. The summed E-state index contributed by atoms with van der Waals surface area (Å²) in [7, 11) is 0. The van der Waals surface area contributed by atoms with E-state index in [-0.39, 0.29) is 12.1 Å². The molecule has 1 unspecified atom stereocenters. The van der Waals surface area contributed by atoms with Gasteiger partial charge in [0.2, 0.25) is 0 Å². The number of amides is 2. The zero-order valence-electron chi connectivity index (χ0n) is 14.2. The van der Waals surface area contributed by atoms with Crippen LogP contribution in [0, 0.1) is 0 Å². The molecule has 1 aromatic heterocycles. The van der Waals surface area contributed by atoms with Crippen LogP contribution in [0.15, 0.2) is 42.6 Å². The summed E-state index contributed by atoms with van der Waals surface area (Å²) in [6.45, 7) is 5.90. The third-order valence-electron chi connectivity index (χ3n) is 4.26. The maximum Gasteiger partial charge on any atom is 0.318 e. The van der Waals surface area contributed by atoms with E-state index in [1.807, 2.05) is 49.1 Å². The van der Waals surface area contributed by atoms with Gasteiger partial charge < -0.3 is 15.0 Å². The Hall–Kier alpha value is -2.56. The topological polar surface area (TPSA) is 54.5 Å². The molecule has 1 aliphatic rings. The monoisotopic (exact) mass is 325 g/mol. The molecule has 24 heavy (non-hydrogen) atoms. The molecule has 0 fully saturated rings. The number of carbonyl (C=O) groups is 1. The molecule has 1 N–H and O–H groups in total. The van der Waals surface area contributed by atoms with Gasteiger partial charge in [-0.25, -0.2) is 4.79 Å². The van der Waals surface area contributed by atoms with E-state index in [1.165, 1.54) is 5.56 Å². The van der Waals surface area contributed by atoms with E-state index in [4.69, 9.17) is 4.74 Å². The Balaban J connectivity index is 1.66. The highest BCUT2D eigenvalue weighted by Gasteiger charge is 2.22. The Kier molecular flexibility index (Phi) is 4.99. The summed E-state index contributed by atoms with van der Waals surface area (Å²) in [5.41, 5.74) is 3.31. The summed E-state index contributed by atoms with van der Waals surface area (Å²) in [5, 5.41) is 3.03. The van der Waals surface area contributed by atoms with Crippen molar-refractivity contribution in [2.24, 2.45) is 0 Å². The number of aromatic nitrogens is 1. The molecule has 126 valence electrons. The van der Waals surface area contributed by atoms with Gasteiger partial charge in [-0.3, -0.25) is 4.98 Å². The molecule has 3 rings (SSSR count). The van der Waals surface area contributed by atoms with Gasteiger partial charge in [0.15, 0.2) is 0 Å². The van der Waals surface area contributed by atoms with Crippen molar-refractivity contribution in [3.05, 3.63) is 59.4 Å². The number of hydrogen-bond acceptors (Lipinski definition) is 3. The molecule has 2 heterocycles. The maximum atomic E-state index is 12.6. The lowest BCUT2D eigenvalue weighted by Crippen LogP contribution is -2.43. The Labute approximate surface area is 142 Å². The second-order valence-corrected chi connectivity index (χ2v) is 5.96. The molecule has 0 radical (unpaired) electrons. The van der Waals surface area contributed by atoms with Crippen LogP contribution in [-0.2, 0) is 13.0 Å². The Bertz CT molecular complexity index is 703. The van der Waals surface area contributed by atoms with E-state index >= 15 is 0 Å². The lowest BCUT2D eigenvalue weighted by atomic mass is 9.99. The minimum absolute atomic E-state index is 0.0550. The average molecular weight is 325 g/mol. The Morgan fingerprint density at radius 3 is 2.96 bits per heavy atom. The molecule has 2 aromatic rings. The van der Waals surface area contributed by atoms with Gasteiger partial charge in [-0.05, 0) is 55.7 Å². The summed E-state index contributed by atoms with van der Waals surface area (Å²) in [6.07, 6.45) is 2.61. The first kappa shape index (κ1) is 16.3. The van der Waals surface area contributed by atoms with Crippen molar-refractivity contribution in [3.8, 4) is 5.75 Å². The van der Waals surface area contributed by atoms with E-state index in [2.05, 4.69) is 16.4 Å². The molecule has 0 saturated carbocycles. The van der Waals surface area contributed by atoms with Crippen LogP contribution >= 0.6 is 0 Å². The van der Waals surface area contributed by atoms with Crippen molar-refractivity contribution in [1.82, 2.24) is 15.2 Å². The Morgan fingerprint density at radius 1 is 1.33 bits per heavy atom. The molecular weight excluding hydrogens is 302 g/mol. The number of carbonyl (C=O) groups excluding carboxylic acids is 1. The first-order valence-corrected chi connectivity index (χ1v) is 8.38. The van der Waals surface area contributed by atoms with Gasteiger partial charge in [0, 0.05) is 19.3 Å². The van der Waals surface area contributed by atoms with Gasteiger partial charge >= 0.3 is 6.03 Å². The number of rotatable bonds is 4. The van der Waals surface area contributed by atoms with Crippen molar-refractivity contribution in [2.75, 3.05) is 13.2 Å². The van der Waals surface area contributed by atoms with Gasteiger partial charge in [-0.15, -0.1) is 0 Å². The summed E-state index contributed by atoms with van der Waals surface area (Å²) >= 11 is 0. The van der Waals surface area contributed by atoms with Crippen molar-refractivity contribution in [1.29, 1.82) is 0 Å². The number of pyridine rings is 1. The molecule has 1 aromatic carbocycles. The van der Waals surface area contributed by atoms with E-state index in [1.54, 1.807) is 6.20 Å². The lowest BCUT2D eigenvalue weighted by Gasteiger charge is -2.30.